The summed E-state index contributed by atoms with van der Waals surface area (Å²) in [7, 11) is -3.64. The van der Waals surface area contributed by atoms with E-state index in [9.17, 15) is 17.2 Å². The lowest BCUT2D eigenvalue weighted by Gasteiger charge is -2.31. The van der Waals surface area contributed by atoms with Gasteiger partial charge in [0.1, 0.15) is 0 Å². The fraction of sp³-hybridized carbons (Fsp3) is 0.286. The molecular weight excluding hydrogens is 382 g/mol. The summed E-state index contributed by atoms with van der Waals surface area (Å²) >= 11 is 0. The molecule has 0 N–H and O–H groups in total. The molecule has 0 amide bonds. The maximum atomic E-state index is 13.4. The van der Waals surface area contributed by atoms with E-state index >= 15 is 0 Å². The number of piperidine rings is 1. The van der Waals surface area contributed by atoms with E-state index in [4.69, 9.17) is 0 Å². The molecule has 2 aromatic carbocycles. The second kappa shape index (κ2) is 7.22. The summed E-state index contributed by atoms with van der Waals surface area (Å²) in [5, 5.41) is 0.719. The van der Waals surface area contributed by atoms with Crippen LogP contribution < -0.4 is 0 Å². The average molecular weight is 402 g/mol. The molecule has 0 saturated carbocycles. The molecule has 1 aliphatic rings. The highest BCUT2D eigenvalue weighted by atomic mass is 32.2. The van der Waals surface area contributed by atoms with Crippen molar-refractivity contribution in [3.05, 3.63) is 66.4 Å². The number of sulfone groups is 1. The Labute approximate surface area is 162 Å². The Hall–Kier alpha value is -2.38. The number of hydrogen-bond acceptors (Lipinski definition) is 4. The molecular formula is C21H20F2N2O2S. The minimum absolute atomic E-state index is 0.134. The number of rotatable bonds is 4. The second-order valence-electron chi connectivity index (χ2n) is 7.11. The molecule has 0 radical (unpaired) electrons. The van der Waals surface area contributed by atoms with E-state index in [-0.39, 0.29) is 22.6 Å². The molecule has 4 rings (SSSR count). The Balaban J connectivity index is 1.64. The molecule has 1 fully saturated rings. The van der Waals surface area contributed by atoms with Crippen LogP contribution in [0.5, 0.6) is 0 Å². The monoisotopic (exact) mass is 402 g/mol. The van der Waals surface area contributed by atoms with Crippen molar-refractivity contribution in [2.75, 3.05) is 13.1 Å². The third kappa shape index (κ3) is 3.77. The van der Waals surface area contributed by atoms with Gasteiger partial charge in [-0.1, -0.05) is 36.4 Å². The number of aromatic nitrogens is 1. The number of hydrogen-bond donors (Lipinski definition) is 0. The van der Waals surface area contributed by atoms with Crippen LogP contribution >= 0.6 is 0 Å². The normalized spacial score (nSPS) is 17.6. The van der Waals surface area contributed by atoms with Crippen molar-refractivity contribution in [3.63, 3.8) is 0 Å². The highest BCUT2D eigenvalue weighted by Crippen LogP contribution is 2.30. The van der Waals surface area contributed by atoms with Crippen LogP contribution in [0.3, 0.4) is 0 Å². The van der Waals surface area contributed by atoms with Gasteiger partial charge in [-0.2, -0.15) is 0 Å². The largest absolute Gasteiger partial charge is 0.299 e. The van der Waals surface area contributed by atoms with Crippen LogP contribution in [0.1, 0.15) is 18.4 Å². The first-order chi connectivity index (χ1) is 13.4. The van der Waals surface area contributed by atoms with Gasteiger partial charge in [0.25, 0.3) is 5.92 Å². The van der Waals surface area contributed by atoms with Crippen LogP contribution in [-0.2, 0) is 16.4 Å². The Bertz CT molecular complexity index is 1090. The van der Waals surface area contributed by atoms with Crippen molar-refractivity contribution in [2.45, 2.75) is 35.1 Å². The predicted molar refractivity (Wildman–Crippen MR) is 103 cm³/mol. The summed E-state index contributed by atoms with van der Waals surface area (Å²) in [5.41, 5.74) is 1.61. The Morgan fingerprint density at radius 1 is 0.964 bits per heavy atom. The molecule has 4 nitrogen and oxygen atoms in total. The van der Waals surface area contributed by atoms with Crippen molar-refractivity contribution < 1.29 is 17.2 Å². The number of halogens is 2. The van der Waals surface area contributed by atoms with Gasteiger partial charge in [0.05, 0.1) is 15.3 Å². The summed E-state index contributed by atoms with van der Waals surface area (Å²) in [4.78, 5) is 6.77. The van der Waals surface area contributed by atoms with Gasteiger partial charge in [0.2, 0.25) is 9.84 Å². The molecule has 0 aliphatic carbocycles. The zero-order valence-electron chi connectivity index (χ0n) is 15.2. The van der Waals surface area contributed by atoms with Crippen LogP contribution in [0.2, 0.25) is 0 Å². The molecule has 7 heteroatoms. The Morgan fingerprint density at radius 2 is 1.68 bits per heavy atom. The topological polar surface area (TPSA) is 50.3 Å². The lowest BCUT2D eigenvalue weighted by molar-refractivity contribution is -0.0565. The van der Waals surface area contributed by atoms with Crippen LogP contribution in [0.15, 0.2) is 70.6 Å². The molecule has 0 atom stereocenters. The molecule has 1 aromatic heterocycles. The predicted octanol–water partition coefficient (Wildman–Crippen LogP) is 4.30. The summed E-state index contributed by atoms with van der Waals surface area (Å²) in [5.74, 6) is -2.58. The van der Waals surface area contributed by atoms with E-state index < -0.39 is 15.8 Å². The lowest BCUT2D eigenvalue weighted by Crippen LogP contribution is -2.38. The molecule has 1 saturated heterocycles. The summed E-state index contributed by atoms with van der Waals surface area (Å²) in [6.07, 6.45) is 1.11. The van der Waals surface area contributed by atoms with Gasteiger partial charge in [0, 0.05) is 44.1 Å². The number of para-hydroxylation sites is 1. The lowest BCUT2D eigenvalue weighted by atomic mass is 10.0. The summed E-state index contributed by atoms with van der Waals surface area (Å²) < 4.78 is 52.4. The number of alkyl halides is 2. The molecule has 0 spiro atoms. The molecule has 1 aliphatic heterocycles. The number of pyridine rings is 1. The molecule has 2 heterocycles. The van der Waals surface area contributed by atoms with Crippen molar-refractivity contribution in [1.29, 1.82) is 0 Å². The van der Waals surface area contributed by atoms with Gasteiger partial charge in [0.15, 0.2) is 0 Å². The first-order valence-corrected chi connectivity index (χ1v) is 10.6. The highest BCUT2D eigenvalue weighted by molar-refractivity contribution is 7.91. The van der Waals surface area contributed by atoms with Crippen LogP contribution in [-0.4, -0.2) is 37.3 Å². The van der Waals surface area contributed by atoms with Gasteiger partial charge in [-0.15, -0.1) is 0 Å². The molecule has 0 bridgehead atoms. The fourth-order valence-electron chi connectivity index (χ4n) is 3.49. The fourth-order valence-corrected chi connectivity index (χ4v) is 4.75. The highest BCUT2D eigenvalue weighted by Gasteiger charge is 2.34. The zero-order chi connectivity index (χ0) is 19.8. The summed E-state index contributed by atoms with van der Waals surface area (Å²) in [6, 6.07) is 15.4. The maximum Gasteiger partial charge on any atom is 0.250 e. The van der Waals surface area contributed by atoms with Crippen LogP contribution in [0, 0.1) is 0 Å². The van der Waals surface area contributed by atoms with Crippen LogP contribution in [0.4, 0.5) is 8.78 Å². The smallest absolute Gasteiger partial charge is 0.250 e. The Kier molecular flexibility index (Phi) is 4.89. The van der Waals surface area contributed by atoms with Crippen molar-refractivity contribution >= 4 is 20.7 Å². The van der Waals surface area contributed by atoms with Gasteiger partial charge >= 0.3 is 0 Å². The van der Waals surface area contributed by atoms with Gasteiger partial charge in [-0.25, -0.2) is 17.2 Å². The van der Waals surface area contributed by atoms with E-state index in [0.717, 1.165) is 10.9 Å². The quantitative estimate of drug-likeness (QED) is 0.653. The Morgan fingerprint density at radius 3 is 2.39 bits per heavy atom. The molecule has 28 heavy (non-hydrogen) atoms. The number of benzene rings is 2. The van der Waals surface area contributed by atoms with E-state index in [2.05, 4.69) is 4.98 Å². The van der Waals surface area contributed by atoms with E-state index in [1.807, 2.05) is 23.1 Å². The zero-order valence-corrected chi connectivity index (χ0v) is 16.0. The second-order valence-corrected chi connectivity index (χ2v) is 9.06. The molecule has 3 aromatic rings. The minimum Gasteiger partial charge on any atom is -0.299 e. The minimum atomic E-state index is -3.64. The number of nitrogens with zero attached hydrogens (tertiary/aromatic N) is 2. The van der Waals surface area contributed by atoms with Gasteiger partial charge in [-0.3, -0.25) is 9.88 Å². The van der Waals surface area contributed by atoms with Gasteiger partial charge < -0.3 is 0 Å². The first-order valence-electron chi connectivity index (χ1n) is 9.13. The standard InChI is InChI=1S/C21H20F2N2O2S/c22-21(23)9-11-25(12-10-21)15-17-6-4-5-16-13-19(14-24-20(16)17)28(26,27)18-7-2-1-3-8-18/h1-8,13-14H,9-12,15H2. The van der Waals surface area contributed by atoms with Gasteiger partial charge in [-0.05, 0) is 23.8 Å². The van der Waals surface area contributed by atoms with E-state index in [0.29, 0.717) is 25.2 Å². The molecule has 146 valence electrons. The van der Waals surface area contributed by atoms with Crippen molar-refractivity contribution in [1.82, 2.24) is 9.88 Å². The number of fused-ring (bicyclic) bond motifs is 1. The first kappa shape index (κ1) is 19.0. The average Bonchev–Trinajstić information content (AvgIpc) is 2.70. The summed E-state index contributed by atoms with van der Waals surface area (Å²) in [6.45, 7) is 1.19. The van der Waals surface area contributed by atoms with Crippen molar-refractivity contribution in [3.8, 4) is 0 Å². The third-order valence-corrected chi connectivity index (χ3v) is 6.85. The van der Waals surface area contributed by atoms with E-state index in [1.54, 1.807) is 36.4 Å². The third-order valence-electron chi connectivity index (χ3n) is 5.11. The van der Waals surface area contributed by atoms with E-state index in [1.165, 1.54) is 6.20 Å². The molecule has 0 unspecified atom stereocenters. The maximum absolute atomic E-state index is 13.4. The SMILES string of the molecule is O=S(=O)(c1ccccc1)c1cnc2c(CN3CCC(F)(F)CC3)cccc2c1. The van der Waals surface area contributed by atoms with Crippen molar-refractivity contribution in [2.24, 2.45) is 0 Å². The number of likely N-dealkylation sites (tertiary alicyclic amines) is 1. The van der Waals surface area contributed by atoms with Crippen LogP contribution in [0.25, 0.3) is 10.9 Å².